The van der Waals surface area contributed by atoms with Crippen LogP contribution in [0.15, 0.2) is 54.2 Å². The highest BCUT2D eigenvalue weighted by Crippen LogP contribution is 2.29. The molecule has 0 aliphatic carbocycles. The van der Waals surface area contributed by atoms with Gasteiger partial charge in [-0.15, -0.1) is 0 Å². The third-order valence-electron chi connectivity index (χ3n) is 3.30. The van der Waals surface area contributed by atoms with E-state index in [1.165, 1.54) is 6.20 Å². The number of nitrogens with one attached hydrogen (secondary N) is 2. The van der Waals surface area contributed by atoms with Gasteiger partial charge in [-0.2, -0.15) is 5.26 Å². The molecular formula is C18H15Cl2N3O2. The Kier molecular flexibility index (Phi) is 6.70. The summed E-state index contributed by atoms with van der Waals surface area (Å²) in [6.45, 7) is 0.403. The largest absolute Gasteiger partial charge is 0.496 e. The van der Waals surface area contributed by atoms with E-state index in [4.69, 9.17) is 27.9 Å². The van der Waals surface area contributed by atoms with E-state index in [0.29, 0.717) is 17.3 Å². The summed E-state index contributed by atoms with van der Waals surface area (Å²) in [6.07, 6.45) is 1.35. The summed E-state index contributed by atoms with van der Waals surface area (Å²) >= 11 is 11.9. The van der Waals surface area contributed by atoms with E-state index in [9.17, 15) is 10.1 Å². The average molecular weight is 376 g/mol. The molecule has 5 nitrogen and oxygen atoms in total. The molecule has 128 valence electrons. The van der Waals surface area contributed by atoms with Gasteiger partial charge in [-0.1, -0.05) is 47.5 Å². The van der Waals surface area contributed by atoms with Crippen LogP contribution in [0.5, 0.6) is 5.75 Å². The maximum absolute atomic E-state index is 12.2. The topological polar surface area (TPSA) is 74.1 Å². The van der Waals surface area contributed by atoms with Gasteiger partial charge >= 0.3 is 0 Å². The van der Waals surface area contributed by atoms with Crippen LogP contribution >= 0.6 is 23.2 Å². The molecule has 0 saturated heterocycles. The lowest BCUT2D eigenvalue weighted by Crippen LogP contribution is -2.17. The lowest BCUT2D eigenvalue weighted by molar-refractivity contribution is -0.112. The molecular weight excluding hydrogens is 361 g/mol. The Bertz CT molecular complexity index is 844. The van der Waals surface area contributed by atoms with Gasteiger partial charge in [0.15, 0.2) is 0 Å². The Labute approximate surface area is 155 Å². The van der Waals surface area contributed by atoms with E-state index in [-0.39, 0.29) is 10.6 Å². The third kappa shape index (κ3) is 4.90. The summed E-state index contributed by atoms with van der Waals surface area (Å²) in [4.78, 5) is 12.2. The first kappa shape index (κ1) is 18.7. The first-order chi connectivity index (χ1) is 12.1. The zero-order valence-electron chi connectivity index (χ0n) is 13.3. The number of hydrogen-bond acceptors (Lipinski definition) is 4. The fraction of sp³-hybridized carbons (Fsp3) is 0.111. The Morgan fingerprint density at radius 1 is 1.24 bits per heavy atom. The Morgan fingerprint density at radius 2 is 2.00 bits per heavy atom. The van der Waals surface area contributed by atoms with Gasteiger partial charge in [0.2, 0.25) is 0 Å². The molecule has 0 aliphatic heterocycles. The van der Waals surface area contributed by atoms with Gasteiger partial charge < -0.3 is 15.4 Å². The van der Waals surface area contributed by atoms with Crippen molar-refractivity contribution in [3.8, 4) is 11.8 Å². The molecule has 0 fully saturated rings. The van der Waals surface area contributed by atoms with Crippen molar-refractivity contribution in [3.63, 3.8) is 0 Å². The number of benzene rings is 2. The summed E-state index contributed by atoms with van der Waals surface area (Å²) < 4.78 is 5.25. The van der Waals surface area contributed by atoms with Crippen LogP contribution < -0.4 is 15.4 Å². The number of ether oxygens (including phenoxy) is 1. The minimum Gasteiger partial charge on any atom is -0.496 e. The minimum atomic E-state index is -0.584. The standard InChI is InChI=1S/C18H15Cl2N3O2/c1-25-16-8-3-2-5-12(16)10-22-11-13(9-21)18(24)23-15-7-4-6-14(19)17(15)20/h2-8,11,22H,10H2,1H3,(H,23,24)/b13-11-. The smallest absolute Gasteiger partial charge is 0.267 e. The number of halogens is 2. The molecule has 0 unspecified atom stereocenters. The van der Waals surface area contributed by atoms with Crippen LogP contribution in [0, 0.1) is 11.3 Å². The normalized spacial score (nSPS) is 10.7. The molecule has 0 bridgehead atoms. The van der Waals surface area contributed by atoms with Crippen molar-refractivity contribution >= 4 is 34.8 Å². The molecule has 7 heteroatoms. The molecule has 0 saturated carbocycles. The number of nitriles is 1. The van der Waals surface area contributed by atoms with Crippen LogP contribution in [-0.4, -0.2) is 13.0 Å². The number of hydrogen-bond donors (Lipinski definition) is 2. The predicted molar refractivity (Wildman–Crippen MR) is 98.6 cm³/mol. The Morgan fingerprint density at radius 3 is 2.72 bits per heavy atom. The van der Waals surface area contributed by atoms with Crippen LogP contribution in [-0.2, 0) is 11.3 Å². The highest BCUT2D eigenvalue weighted by atomic mass is 35.5. The van der Waals surface area contributed by atoms with Crippen LogP contribution in [0.25, 0.3) is 0 Å². The van der Waals surface area contributed by atoms with Crippen LogP contribution in [0.4, 0.5) is 5.69 Å². The molecule has 25 heavy (non-hydrogen) atoms. The van der Waals surface area contributed by atoms with E-state index in [2.05, 4.69) is 10.6 Å². The maximum Gasteiger partial charge on any atom is 0.267 e. The van der Waals surface area contributed by atoms with E-state index in [0.717, 1.165) is 11.3 Å². The van der Waals surface area contributed by atoms with Gasteiger partial charge in [0.05, 0.1) is 22.8 Å². The van der Waals surface area contributed by atoms with Crippen LogP contribution in [0.1, 0.15) is 5.56 Å². The summed E-state index contributed by atoms with van der Waals surface area (Å²) in [7, 11) is 1.58. The van der Waals surface area contributed by atoms with Gasteiger partial charge in [0.1, 0.15) is 17.4 Å². The molecule has 0 radical (unpaired) electrons. The SMILES string of the molecule is COc1ccccc1CN/C=C(/C#N)C(=O)Nc1cccc(Cl)c1Cl. The number of para-hydroxylation sites is 1. The molecule has 0 aromatic heterocycles. The Hall–Kier alpha value is -2.68. The van der Waals surface area contributed by atoms with Gasteiger partial charge in [-0.05, 0) is 18.2 Å². The lowest BCUT2D eigenvalue weighted by Gasteiger charge is -2.09. The molecule has 1 amide bonds. The second-order valence-electron chi connectivity index (χ2n) is 4.92. The van der Waals surface area contributed by atoms with Crippen molar-refractivity contribution in [2.75, 3.05) is 12.4 Å². The number of amides is 1. The second-order valence-corrected chi connectivity index (χ2v) is 5.70. The van der Waals surface area contributed by atoms with Crippen molar-refractivity contribution in [2.45, 2.75) is 6.54 Å². The summed E-state index contributed by atoms with van der Waals surface area (Å²) in [6, 6.07) is 14.2. The maximum atomic E-state index is 12.2. The van der Waals surface area contributed by atoms with Gasteiger partial charge in [0.25, 0.3) is 5.91 Å². The summed E-state index contributed by atoms with van der Waals surface area (Å²) in [5, 5.41) is 15.2. The minimum absolute atomic E-state index is 0.0917. The summed E-state index contributed by atoms with van der Waals surface area (Å²) in [5.41, 5.74) is 1.15. The van der Waals surface area contributed by atoms with Crippen molar-refractivity contribution < 1.29 is 9.53 Å². The molecule has 2 rings (SSSR count). The zero-order valence-corrected chi connectivity index (χ0v) is 14.9. The number of methoxy groups -OCH3 is 1. The number of rotatable bonds is 6. The molecule has 0 aliphatic rings. The lowest BCUT2D eigenvalue weighted by atomic mass is 10.2. The quantitative estimate of drug-likeness (QED) is 0.587. The van der Waals surface area contributed by atoms with E-state index < -0.39 is 5.91 Å². The van der Waals surface area contributed by atoms with Gasteiger partial charge in [-0.3, -0.25) is 4.79 Å². The first-order valence-corrected chi connectivity index (χ1v) is 8.03. The summed E-state index contributed by atoms with van der Waals surface area (Å²) in [5.74, 6) is 0.135. The number of anilines is 1. The second kappa shape index (κ2) is 8.97. The molecule has 2 aromatic carbocycles. The van der Waals surface area contributed by atoms with Crippen molar-refractivity contribution in [2.24, 2.45) is 0 Å². The molecule has 0 heterocycles. The Balaban J connectivity index is 2.05. The molecule has 0 spiro atoms. The van der Waals surface area contributed by atoms with E-state index >= 15 is 0 Å². The van der Waals surface area contributed by atoms with Crippen LogP contribution in [0.3, 0.4) is 0 Å². The van der Waals surface area contributed by atoms with Crippen LogP contribution in [0.2, 0.25) is 10.0 Å². The fourth-order valence-electron chi connectivity index (χ4n) is 2.05. The monoisotopic (exact) mass is 375 g/mol. The number of carbonyl (C=O) groups is 1. The average Bonchev–Trinajstić information content (AvgIpc) is 2.62. The highest BCUT2D eigenvalue weighted by molar-refractivity contribution is 6.44. The molecule has 2 N–H and O–H groups in total. The van der Waals surface area contributed by atoms with Crippen molar-refractivity contribution in [1.29, 1.82) is 5.26 Å². The van der Waals surface area contributed by atoms with Crippen molar-refractivity contribution in [3.05, 3.63) is 69.8 Å². The fourth-order valence-corrected chi connectivity index (χ4v) is 2.40. The molecule has 2 aromatic rings. The van der Waals surface area contributed by atoms with E-state index in [1.54, 1.807) is 25.3 Å². The van der Waals surface area contributed by atoms with E-state index in [1.807, 2.05) is 30.3 Å². The van der Waals surface area contributed by atoms with Gasteiger partial charge in [0, 0.05) is 18.3 Å². The third-order valence-corrected chi connectivity index (χ3v) is 4.12. The number of carbonyl (C=O) groups excluding carboxylic acids is 1. The highest BCUT2D eigenvalue weighted by Gasteiger charge is 2.12. The number of nitrogens with zero attached hydrogens (tertiary/aromatic N) is 1. The molecule has 0 atom stereocenters. The zero-order chi connectivity index (χ0) is 18.2. The van der Waals surface area contributed by atoms with Crippen molar-refractivity contribution in [1.82, 2.24) is 5.32 Å². The first-order valence-electron chi connectivity index (χ1n) is 7.27. The predicted octanol–water partition coefficient (Wildman–Crippen LogP) is 4.14. The van der Waals surface area contributed by atoms with Gasteiger partial charge in [-0.25, -0.2) is 0 Å².